The first-order valence-electron chi connectivity index (χ1n) is 5.14. The van der Waals surface area contributed by atoms with Gasteiger partial charge in [0.05, 0.1) is 0 Å². The zero-order valence-electron chi connectivity index (χ0n) is 10.8. The van der Waals surface area contributed by atoms with Gasteiger partial charge in [-0.3, -0.25) is 0 Å². The van der Waals surface area contributed by atoms with Gasteiger partial charge in [0.25, 0.3) is 0 Å². The third kappa shape index (κ3) is 3.21. The van der Waals surface area contributed by atoms with E-state index in [1.807, 2.05) is 6.92 Å². The summed E-state index contributed by atoms with van der Waals surface area (Å²) in [6, 6.07) is 0. The highest BCUT2D eigenvalue weighted by molar-refractivity contribution is 5.39. The average Bonchev–Trinajstić information content (AvgIpc) is 1.79. The molecule has 0 unspecified atom stereocenters. The van der Waals surface area contributed by atoms with E-state index in [9.17, 15) is 0 Å². The summed E-state index contributed by atoms with van der Waals surface area (Å²) in [7, 11) is 0. The Hall–Kier alpha value is -0.720. The lowest BCUT2D eigenvalue weighted by molar-refractivity contribution is 0.443. The minimum atomic E-state index is 0.0726. The summed E-state index contributed by atoms with van der Waals surface area (Å²) in [6.07, 6.45) is 0. The highest BCUT2D eigenvalue weighted by atomic mass is 14.6. The van der Waals surface area contributed by atoms with Crippen LogP contribution in [0, 0.1) is 10.8 Å². The predicted molar refractivity (Wildman–Crippen MR) is 64.9 cm³/mol. The molecule has 0 aliphatic rings. The second kappa shape index (κ2) is 3.80. The van der Waals surface area contributed by atoms with Crippen molar-refractivity contribution in [1.29, 1.82) is 0 Å². The highest BCUT2D eigenvalue weighted by Crippen LogP contribution is 2.40. The van der Waals surface area contributed by atoms with Gasteiger partial charge in [0.1, 0.15) is 0 Å². The van der Waals surface area contributed by atoms with E-state index in [0.717, 1.165) is 11.3 Å². The Bertz CT molecular complexity index is 252. The van der Waals surface area contributed by atoms with Crippen LogP contribution in [0.3, 0.4) is 0 Å². The van der Waals surface area contributed by atoms with Gasteiger partial charge in [0.15, 0.2) is 0 Å². The Morgan fingerprint density at radius 3 is 1.36 bits per heavy atom. The largest absolute Gasteiger partial charge is 0.402 e. The van der Waals surface area contributed by atoms with E-state index >= 15 is 0 Å². The maximum atomic E-state index is 5.94. The van der Waals surface area contributed by atoms with E-state index in [-0.39, 0.29) is 10.8 Å². The predicted octanol–water partition coefficient (Wildman–Crippen LogP) is 3.87. The summed E-state index contributed by atoms with van der Waals surface area (Å²) in [6.45, 7) is 19.2. The summed E-state index contributed by atoms with van der Waals surface area (Å²) in [5, 5.41) is 0. The van der Waals surface area contributed by atoms with Gasteiger partial charge in [-0.05, 0) is 28.9 Å². The number of allylic oxidation sites excluding steroid dienone is 3. The smallest absolute Gasteiger partial charge is 0.00895 e. The van der Waals surface area contributed by atoms with Crippen LogP contribution < -0.4 is 5.73 Å². The lowest BCUT2D eigenvalue weighted by Crippen LogP contribution is -2.22. The molecule has 14 heavy (non-hydrogen) atoms. The second-order valence-corrected chi connectivity index (χ2v) is 6.04. The molecule has 0 atom stereocenters. The monoisotopic (exact) mass is 195 g/mol. The molecule has 0 spiro atoms. The zero-order chi connectivity index (χ0) is 11.7. The molecule has 0 rings (SSSR count). The van der Waals surface area contributed by atoms with Crippen LogP contribution in [-0.2, 0) is 0 Å². The minimum Gasteiger partial charge on any atom is -0.402 e. The van der Waals surface area contributed by atoms with Crippen LogP contribution >= 0.6 is 0 Å². The van der Waals surface area contributed by atoms with Gasteiger partial charge in [-0.25, -0.2) is 0 Å². The van der Waals surface area contributed by atoms with Crippen LogP contribution in [-0.4, -0.2) is 0 Å². The Morgan fingerprint density at radius 2 is 1.29 bits per heavy atom. The summed E-state index contributed by atoms with van der Waals surface area (Å²) in [5.74, 6) is 0. The van der Waals surface area contributed by atoms with Crippen LogP contribution in [0.25, 0.3) is 0 Å². The normalized spacial score (nSPS) is 15.1. The van der Waals surface area contributed by atoms with E-state index in [4.69, 9.17) is 5.73 Å². The third-order valence-electron chi connectivity index (χ3n) is 2.35. The number of hydrogen-bond acceptors (Lipinski definition) is 1. The number of hydrogen-bond donors (Lipinski definition) is 1. The molecule has 0 saturated heterocycles. The molecule has 0 aliphatic heterocycles. The van der Waals surface area contributed by atoms with E-state index in [2.05, 4.69) is 48.1 Å². The van der Waals surface area contributed by atoms with Crippen LogP contribution in [0.15, 0.2) is 23.4 Å². The summed E-state index contributed by atoms with van der Waals surface area (Å²) < 4.78 is 0. The topological polar surface area (TPSA) is 26.0 Å². The molecule has 0 heterocycles. The van der Waals surface area contributed by atoms with Crippen molar-refractivity contribution in [2.24, 2.45) is 16.6 Å². The van der Waals surface area contributed by atoms with Crippen molar-refractivity contribution in [3.8, 4) is 0 Å². The molecule has 0 aliphatic carbocycles. The fourth-order valence-corrected chi connectivity index (χ4v) is 1.66. The number of nitrogens with two attached hydrogens (primary N) is 1. The zero-order valence-corrected chi connectivity index (χ0v) is 10.8. The van der Waals surface area contributed by atoms with Gasteiger partial charge in [-0.1, -0.05) is 48.1 Å². The molecule has 0 amide bonds. The molecular weight excluding hydrogens is 170 g/mol. The Balaban J connectivity index is 5.32. The van der Waals surface area contributed by atoms with Crippen molar-refractivity contribution in [3.05, 3.63) is 23.4 Å². The first-order chi connectivity index (χ1) is 5.98. The molecule has 1 heteroatoms. The van der Waals surface area contributed by atoms with Crippen LogP contribution in [0.4, 0.5) is 0 Å². The van der Waals surface area contributed by atoms with Crippen molar-refractivity contribution in [2.45, 2.75) is 48.5 Å². The van der Waals surface area contributed by atoms with E-state index in [1.165, 1.54) is 5.57 Å². The van der Waals surface area contributed by atoms with Gasteiger partial charge in [0.2, 0.25) is 0 Å². The summed E-state index contributed by atoms with van der Waals surface area (Å²) in [5.41, 5.74) is 9.33. The molecule has 0 radical (unpaired) electrons. The molecule has 0 bridgehead atoms. The van der Waals surface area contributed by atoms with Gasteiger partial charge in [-0.15, -0.1) is 0 Å². The Morgan fingerprint density at radius 1 is 0.929 bits per heavy atom. The highest BCUT2D eigenvalue weighted by Gasteiger charge is 2.27. The molecular formula is C13H25N. The van der Waals surface area contributed by atoms with Crippen molar-refractivity contribution in [1.82, 2.24) is 0 Å². The van der Waals surface area contributed by atoms with Crippen molar-refractivity contribution < 1.29 is 0 Å². The van der Waals surface area contributed by atoms with E-state index in [1.54, 1.807) is 0 Å². The molecule has 0 saturated carbocycles. The fourth-order valence-electron chi connectivity index (χ4n) is 1.66. The SMILES string of the molecule is C=C(/C(=C(\C)N)C(C)(C)C)C(C)(C)C. The lowest BCUT2D eigenvalue weighted by Gasteiger charge is -2.33. The minimum absolute atomic E-state index is 0.0726. The maximum Gasteiger partial charge on any atom is 0.00895 e. The lowest BCUT2D eigenvalue weighted by atomic mass is 9.72. The van der Waals surface area contributed by atoms with Gasteiger partial charge >= 0.3 is 0 Å². The molecule has 0 aromatic heterocycles. The molecule has 2 N–H and O–H groups in total. The van der Waals surface area contributed by atoms with Crippen LogP contribution in [0.5, 0.6) is 0 Å². The Kier molecular flexibility index (Phi) is 3.60. The number of rotatable bonds is 1. The van der Waals surface area contributed by atoms with Crippen LogP contribution in [0.2, 0.25) is 0 Å². The van der Waals surface area contributed by atoms with Gasteiger partial charge < -0.3 is 5.73 Å². The first-order valence-corrected chi connectivity index (χ1v) is 5.14. The third-order valence-corrected chi connectivity index (χ3v) is 2.35. The average molecular weight is 195 g/mol. The van der Waals surface area contributed by atoms with Gasteiger partial charge in [-0.2, -0.15) is 0 Å². The van der Waals surface area contributed by atoms with Crippen molar-refractivity contribution >= 4 is 0 Å². The van der Waals surface area contributed by atoms with Crippen molar-refractivity contribution in [2.75, 3.05) is 0 Å². The fraction of sp³-hybridized carbons (Fsp3) is 0.692. The van der Waals surface area contributed by atoms with E-state index < -0.39 is 0 Å². The maximum absolute atomic E-state index is 5.94. The summed E-state index contributed by atoms with van der Waals surface area (Å²) >= 11 is 0. The molecule has 82 valence electrons. The van der Waals surface area contributed by atoms with Gasteiger partial charge in [0, 0.05) is 5.70 Å². The summed E-state index contributed by atoms with van der Waals surface area (Å²) in [4.78, 5) is 0. The molecule has 0 aromatic rings. The molecule has 1 nitrogen and oxygen atoms in total. The van der Waals surface area contributed by atoms with Crippen molar-refractivity contribution in [3.63, 3.8) is 0 Å². The molecule has 0 aromatic carbocycles. The van der Waals surface area contributed by atoms with E-state index in [0.29, 0.717) is 0 Å². The molecule has 0 fully saturated rings. The Labute approximate surface area is 89.1 Å². The standard InChI is InChI=1S/C13H25N/c1-9(12(3,4)5)11(10(2)14)13(6,7)8/h1,14H2,2-8H3/b11-10-. The quantitative estimate of drug-likeness (QED) is 0.632. The second-order valence-electron chi connectivity index (χ2n) is 6.04. The first kappa shape index (κ1) is 13.3. The van der Waals surface area contributed by atoms with Crippen LogP contribution in [0.1, 0.15) is 48.5 Å².